The molecule has 1 atom stereocenters. The number of rotatable bonds is 5. The average molecular weight is 413 g/mol. The van der Waals surface area contributed by atoms with Crippen LogP contribution in [0, 0.1) is 6.92 Å². The predicted molar refractivity (Wildman–Crippen MR) is 86.6 cm³/mol. The van der Waals surface area contributed by atoms with Gasteiger partial charge in [-0.05, 0) is 36.8 Å². The molecule has 0 spiro atoms. The molecule has 2 rings (SSSR count). The number of benzene rings is 2. The van der Waals surface area contributed by atoms with Gasteiger partial charge in [-0.1, -0.05) is 24.3 Å². The summed E-state index contributed by atoms with van der Waals surface area (Å²) in [5, 5.41) is 9.41. The van der Waals surface area contributed by atoms with Gasteiger partial charge >= 0.3 is 18.3 Å². The molecule has 0 bridgehead atoms. The normalized spacial score (nSPS) is 14.1. The number of hydrogen-bond donors (Lipinski definition) is 1. The van der Waals surface area contributed by atoms with Crippen LogP contribution in [0.3, 0.4) is 0 Å². The highest BCUT2D eigenvalue weighted by Crippen LogP contribution is 2.45. The lowest BCUT2D eigenvalue weighted by atomic mass is 10.1. The lowest BCUT2D eigenvalue weighted by Crippen LogP contribution is -2.39. The number of alkyl halides is 8. The van der Waals surface area contributed by atoms with E-state index >= 15 is 0 Å². The minimum Gasteiger partial charge on any atom is -0.382 e. The maximum Gasteiger partial charge on any atom is 0.458 e. The van der Waals surface area contributed by atoms with E-state index in [2.05, 4.69) is 0 Å². The molecule has 0 radical (unpaired) electrons. The van der Waals surface area contributed by atoms with E-state index in [4.69, 9.17) is 0 Å². The first kappa shape index (κ1) is 21.9. The quantitative estimate of drug-likeness (QED) is 0.635. The fourth-order valence-corrected chi connectivity index (χ4v) is 2.46. The number of nitrogens with zero attached hydrogens (tertiary/aromatic N) is 1. The highest BCUT2D eigenvalue weighted by atomic mass is 19.4. The Balaban J connectivity index is 2.54. The van der Waals surface area contributed by atoms with Crippen LogP contribution in [-0.4, -0.2) is 30.1 Å². The van der Waals surface area contributed by atoms with Gasteiger partial charge in [0.2, 0.25) is 0 Å². The Hall–Kier alpha value is -2.36. The monoisotopic (exact) mass is 413 g/mol. The summed E-state index contributed by atoms with van der Waals surface area (Å²) in [4.78, 5) is 0.834. The van der Waals surface area contributed by atoms with E-state index < -0.39 is 36.5 Å². The van der Waals surface area contributed by atoms with Crippen LogP contribution in [0.1, 0.15) is 11.1 Å². The van der Waals surface area contributed by atoms with Gasteiger partial charge in [0.25, 0.3) is 0 Å². The number of aryl methyl sites for hydroxylation is 1. The van der Waals surface area contributed by atoms with Crippen LogP contribution in [0.5, 0.6) is 0 Å². The van der Waals surface area contributed by atoms with Gasteiger partial charge in [0.15, 0.2) is 6.10 Å². The van der Waals surface area contributed by atoms with E-state index in [0.717, 1.165) is 17.0 Å². The minimum atomic E-state index is -5.87. The second-order valence-corrected chi connectivity index (χ2v) is 6.13. The van der Waals surface area contributed by atoms with Crippen molar-refractivity contribution in [3.63, 3.8) is 0 Å². The van der Waals surface area contributed by atoms with Crippen LogP contribution < -0.4 is 4.90 Å². The molecule has 0 saturated heterocycles. The van der Waals surface area contributed by atoms with Crippen molar-refractivity contribution < 1.29 is 40.2 Å². The largest absolute Gasteiger partial charge is 0.458 e. The Kier molecular flexibility index (Phi) is 5.93. The Morgan fingerprint density at radius 2 is 1.39 bits per heavy atom. The van der Waals surface area contributed by atoms with Gasteiger partial charge in [0.05, 0.1) is 6.54 Å². The first-order chi connectivity index (χ1) is 12.7. The SMILES string of the molecule is Cc1cccc(N(CC(O)C(F)(F)F)c2cccc(C(F)(F)C(F)(F)F)c2)c1. The summed E-state index contributed by atoms with van der Waals surface area (Å²) in [6.07, 6.45) is -13.7. The molecule has 154 valence electrons. The lowest BCUT2D eigenvalue weighted by Gasteiger charge is -2.29. The van der Waals surface area contributed by atoms with Crippen molar-refractivity contribution in [3.8, 4) is 0 Å². The fraction of sp³-hybridized carbons (Fsp3) is 0.333. The predicted octanol–water partition coefficient (Wildman–Crippen LogP) is 5.71. The van der Waals surface area contributed by atoms with Gasteiger partial charge in [-0.3, -0.25) is 0 Å². The Bertz CT molecular complexity index is 816. The molecule has 2 aromatic carbocycles. The minimum absolute atomic E-state index is 0.0933. The zero-order valence-electron chi connectivity index (χ0n) is 14.3. The lowest BCUT2D eigenvalue weighted by molar-refractivity contribution is -0.289. The number of halogens is 8. The van der Waals surface area contributed by atoms with E-state index in [1.165, 1.54) is 18.2 Å². The van der Waals surface area contributed by atoms with Crippen molar-refractivity contribution in [2.24, 2.45) is 0 Å². The Morgan fingerprint density at radius 1 is 0.857 bits per heavy atom. The van der Waals surface area contributed by atoms with Crippen molar-refractivity contribution in [2.75, 3.05) is 11.4 Å². The third-order valence-corrected chi connectivity index (χ3v) is 3.92. The van der Waals surface area contributed by atoms with E-state index in [9.17, 15) is 40.2 Å². The zero-order chi connectivity index (χ0) is 21.3. The summed E-state index contributed by atoms with van der Waals surface area (Å²) < 4.78 is 104. The first-order valence-electron chi connectivity index (χ1n) is 7.87. The molecule has 0 aliphatic carbocycles. The maximum absolute atomic E-state index is 13.7. The number of anilines is 2. The molecule has 2 nitrogen and oxygen atoms in total. The molecule has 0 aromatic heterocycles. The third-order valence-electron chi connectivity index (χ3n) is 3.92. The second kappa shape index (κ2) is 7.57. The van der Waals surface area contributed by atoms with Crippen molar-refractivity contribution in [1.82, 2.24) is 0 Å². The molecule has 0 fully saturated rings. The van der Waals surface area contributed by atoms with Gasteiger partial charge < -0.3 is 10.0 Å². The van der Waals surface area contributed by atoms with Crippen LogP contribution in [-0.2, 0) is 5.92 Å². The molecule has 0 heterocycles. The molecule has 0 aliphatic rings. The summed E-state index contributed by atoms with van der Waals surface area (Å²) in [5.41, 5.74) is -1.07. The van der Waals surface area contributed by atoms with E-state index in [-0.39, 0.29) is 11.4 Å². The van der Waals surface area contributed by atoms with Crippen LogP contribution in [0.15, 0.2) is 48.5 Å². The summed E-state index contributed by atoms with van der Waals surface area (Å²) in [5.74, 6) is -5.19. The molecule has 28 heavy (non-hydrogen) atoms. The van der Waals surface area contributed by atoms with Crippen molar-refractivity contribution in [2.45, 2.75) is 31.3 Å². The molecular weight excluding hydrogens is 398 g/mol. The first-order valence-corrected chi connectivity index (χ1v) is 7.87. The molecule has 0 saturated carbocycles. The van der Waals surface area contributed by atoms with Gasteiger partial charge in [0, 0.05) is 16.9 Å². The number of aliphatic hydroxyl groups is 1. The van der Waals surface area contributed by atoms with E-state index in [0.29, 0.717) is 17.7 Å². The molecule has 1 N–H and O–H groups in total. The summed E-state index contributed by atoms with van der Waals surface area (Å²) in [7, 11) is 0. The van der Waals surface area contributed by atoms with Crippen molar-refractivity contribution in [3.05, 3.63) is 59.7 Å². The molecule has 0 aliphatic heterocycles. The van der Waals surface area contributed by atoms with Crippen LogP contribution in [0.2, 0.25) is 0 Å². The van der Waals surface area contributed by atoms with Gasteiger partial charge in [0.1, 0.15) is 0 Å². The number of hydrogen-bond acceptors (Lipinski definition) is 2. The van der Waals surface area contributed by atoms with Crippen molar-refractivity contribution in [1.29, 1.82) is 0 Å². The highest BCUT2D eigenvalue weighted by Gasteiger charge is 2.58. The zero-order valence-corrected chi connectivity index (χ0v) is 14.3. The van der Waals surface area contributed by atoms with Crippen LogP contribution in [0.25, 0.3) is 0 Å². The van der Waals surface area contributed by atoms with Gasteiger partial charge in [-0.15, -0.1) is 0 Å². The average Bonchev–Trinajstić information content (AvgIpc) is 2.57. The van der Waals surface area contributed by atoms with Crippen LogP contribution in [0.4, 0.5) is 46.5 Å². The molecule has 1 unspecified atom stereocenters. The summed E-state index contributed by atoms with van der Waals surface area (Å²) >= 11 is 0. The molecule has 0 amide bonds. The smallest absolute Gasteiger partial charge is 0.382 e. The second-order valence-electron chi connectivity index (χ2n) is 6.13. The van der Waals surface area contributed by atoms with Gasteiger partial charge in [-0.25, -0.2) is 0 Å². The fourth-order valence-electron chi connectivity index (χ4n) is 2.46. The van der Waals surface area contributed by atoms with E-state index in [1.54, 1.807) is 13.0 Å². The molecule has 2 aromatic rings. The standard InChI is InChI=1S/C18H15F8NO/c1-11-4-2-6-13(8-11)27(10-15(28)17(21,22)23)14-7-3-5-12(9-14)16(19,20)18(24,25)26/h2-9,15,28H,10H2,1H3. The third kappa shape index (κ3) is 4.73. The summed E-state index contributed by atoms with van der Waals surface area (Å²) in [6, 6.07) is 8.82. The van der Waals surface area contributed by atoms with Crippen LogP contribution >= 0.6 is 0 Å². The summed E-state index contributed by atoms with van der Waals surface area (Å²) in [6.45, 7) is 0.532. The highest BCUT2D eigenvalue weighted by molar-refractivity contribution is 5.65. The number of aliphatic hydroxyl groups excluding tert-OH is 1. The van der Waals surface area contributed by atoms with Crippen molar-refractivity contribution >= 4 is 11.4 Å². The Morgan fingerprint density at radius 3 is 1.89 bits per heavy atom. The molecule has 10 heteroatoms. The van der Waals surface area contributed by atoms with Gasteiger partial charge in [-0.2, -0.15) is 35.1 Å². The topological polar surface area (TPSA) is 23.5 Å². The molecular formula is C18H15F8NO. The maximum atomic E-state index is 13.7. The van der Waals surface area contributed by atoms with E-state index in [1.807, 2.05) is 0 Å². The Labute approximate surface area is 155 Å².